The summed E-state index contributed by atoms with van der Waals surface area (Å²) in [7, 11) is 0. The second-order valence-electron chi connectivity index (χ2n) is 11.2. The van der Waals surface area contributed by atoms with Gasteiger partial charge < -0.3 is 19.9 Å². The Morgan fingerprint density at radius 2 is 1.74 bits per heavy atom. The summed E-state index contributed by atoms with van der Waals surface area (Å²) in [6.45, 7) is 10.6. The number of nitrogens with one attached hydrogen (secondary N) is 2. The monoisotopic (exact) mass is 552 g/mol. The third kappa shape index (κ3) is 6.45. The van der Waals surface area contributed by atoms with E-state index in [1.54, 1.807) is 20.8 Å². The van der Waals surface area contributed by atoms with Gasteiger partial charge in [0.05, 0.1) is 0 Å². The largest absolute Gasteiger partial charge is 0.444 e. The van der Waals surface area contributed by atoms with Crippen molar-refractivity contribution in [1.29, 1.82) is 0 Å². The van der Waals surface area contributed by atoms with E-state index in [-0.39, 0.29) is 12.3 Å². The molecule has 1 atom stereocenters. The van der Waals surface area contributed by atoms with Gasteiger partial charge in [0.15, 0.2) is 5.78 Å². The quantitative estimate of drug-likeness (QED) is 0.458. The molecule has 1 aliphatic carbocycles. The van der Waals surface area contributed by atoms with Crippen molar-refractivity contribution in [2.75, 3.05) is 19.6 Å². The SMILES string of the molecule is Cc1cc(C(=O)C2(N3CCCC3)C=C(NC(=O)CNC(=O)OC(C)(C)C)C=CC2)c(C)n1-c1ccc(Cl)cc1. The highest BCUT2D eigenvalue weighted by molar-refractivity contribution is 6.30. The van der Waals surface area contributed by atoms with Gasteiger partial charge in [0.25, 0.3) is 0 Å². The summed E-state index contributed by atoms with van der Waals surface area (Å²) in [6, 6.07) is 9.50. The minimum Gasteiger partial charge on any atom is -0.444 e. The Labute approximate surface area is 235 Å². The van der Waals surface area contributed by atoms with E-state index in [2.05, 4.69) is 20.1 Å². The van der Waals surface area contributed by atoms with Crippen LogP contribution in [0.1, 0.15) is 61.8 Å². The van der Waals surface area contributed by atoms with Crippen LogP contribution < -0.4 is 10.6 Å². The number of ether oxygens (including phenoxy) is 1. The summed E-state index contributed by atoms with van der Waals surface area (Å²) in [5.41, 5.74) is 2.35. The Morgan fingerprint density at radius 3 is 2.38 bits per heavy atom. The Hall–Kier alpha value is -3.36. The molecule has 2 heterocycles. The first-order valence-corrected chi connectivity index (χ1v) is 13.7. The highest BCUT2D eigenvalue weighted by Crippen LogP contribution is 2.36. The van der Waals surface area contributed by atoms with E-state index < -0.39 is 23.1 Å². The fraction of sp³-hybridized carbons (Fsp3) is 0.433. The first-order valence-electron chi connectivity index (χ1n) is 13.3. The van der Waals surface area contributed by atoms with E-state index >= 15 is 0 Å². The van der Waals surface area contributed by atoms with Gasteiger partial charge in [-0.1, -0.05) is 17.7 Å². The number of nitrogens with zero attached hydrogens (tertiary/aromatic N) is 2. The number of aryl methyl sites for hydroxylation is 1. The molecule has 39 heavy (non-hydrogen) atoms. The summed E-state index contributed by atoms with van der Waals surface area (Å²) in [5, 5.41) is 5.98. The maximum absolute atomic E-state index is 14.4. The zero-order chi connectivity index (χ0) is 28.4. The molecular weight excluding hydrogens is 516 g/mol. The molecule has 1 aromatic heterocycles. The van der Waals surface area contributed by atoms with Crippen LogP contribution in [0, 0.1) is 13.8 Å². The number of amides is 2. The second kappa shape index (κ2) is 11.4. The van der Waals surface area contributed by atoms with Gasteiger partial charge in [0.2, 0.25) is 5.91 Å². The summed E-state index contributed by atoms with van der Waals surface area (Å²) in [5.74, 6) is -0.400. The number of likely N-dealkylation sites (tertiary alicyclic amines) is 1. The highest BCUT2D eigenvalue weighted by atomic mass is 35.5. The van der Waals surface area contributed by atoms with Crippen molar-refractivity contribution in [1.82, 2.24) is 20.1 Å². The molecule has 0 spiro atoms. The van der Waals surface area contributed by atoms with Crippen LogP contribution in [0.4, 0.5) is 4.79 Å². The summed E-state index contributed by atoms with van der Waals surface area (Å²) in [6.07, 6.45) is 7.49. The minimum atomic E-state index is -0.921. The molecule has 2 N–H and O–H groups in total. The molecule has 1 saturated heterocycles. The summed E-state index contributed by atoms with van der Waals surface area (Å²) < 4.78 is 7.27. The molecule has 8 nitrogen and oxygen atoms in total. The zero-order valence-electron chi connectivity index (χ0n) is 23.3. The number of carbonyl (C=O) groups excluding carboxylic acids is 3. The van der Waals surface area contributed by atoms with Gasteiger partial charge in [0.1, 0.15) is 17.7 Å². The molecule has 1 unspecified atom stereocenters. The van der Waals surface area contributed by atoms with Crippen molar-refractivity contribution in [3.63, 3.8) is 0 Å². The molecule has 1 aromatic carbocycles. The van der Waals surface area contributed by atoms with Crippen LogP contribution >= 0.6 is 11.6 Å². The first-order chi connectivity index (χ1) is 18.4. The number of aromatic nitrogens is 1. The van der Waals surface area contributed by atoms with E-state index in [0.717, 1.165) is 43.0 Å². The normalized spacial score (nSPS) is 19.5. The van der Waals surface area contributed by atoms with Crippen LogP contribution in [0.25, 0.3) is 5.69 Å². The number of benzene rings is 1. The van der Waals surface area contributed by atoms with E-state index in [0.29, 0.717) is 22.7 Å². The predicted molar refractivity (Wildman–Crippen MR) is 152 cm³/mol. The molecule has 0 radical (unpaired) electrons. The van der Waals surface area contributed by atoms with Crippen molar-refractivity contribution in [3.05, 3.63) is 76.2 Å². The lowest BCUT2D eigenvalue weighted by molar-refractivity contribution is -0.119. The molecule has 4 rings (SSSR count). The van der Waals surface area contributed by atoms with Crippen LogP contribution in [0.3, 0.4) is 0 Å². The number of hydrogen-bond donors (Lipinski definition) is 2. The third-order valence-electron chi connectivity index (χ3n) is 7.02. The number of halogens is 1. The lowest BCUT2D eigenvalue weighted by Gasteiger charge is -2.39. The lowest BCUT2D eigenvalue weighted by Crippen LogP contribution is -2.53. The maximum Gasteiger partial charge on any atom is 0.408 e. The maximum atomic E-state index is 14.4. The van der Waals surface area contributed by atoms with Gasteiger partial charge in [-0.15, -0.1) is 0 Å². The number of hydrogen-bond acceptors (Lipinski definition) is 5. The zero-order valence-corrected chi connectivity index (χ0v) is 24.0. The van der Waals surface area contributed by atoms with E-state index in [1.807, 2.05) is 62.4 Å². The van der Waals surface area contributed by atoms with Crippen molar-refractivity contribution < 1.29 is 19.1 Å². The standard InChI is InChI=1S/C30H37ClN4O4/c1-20-17-25(21(2)35(20)24-12-10-22(31)11-13-24)27(37)30(34-15-6-7-16-34)14-8-9-23(18-30)33-26(36)19-32-28(38)39-29(3,4)5/h8-13,17-18H,6-7,14-16,19H2,1-5H3,(H,32,38)(H,33,36). The van der Waals surface area contributed by atoms with E-state index in [9.17, 15) is 14.4 Å². The van der Waals surface area contributed by atoms with E-state index in [1.165, 1.54) is 0 Å². The molecule has 9 heteroatoms. The molecule has 1 aliphatic heterocycles. The molecule has 2 aliphatic rings. The molecule has 0 saturated carbocycles. The summed E-state index contributed by atoms with van der Waals surface area (Å²) >= 11 is 6.10. The van der Waals surface area contributed by atoms with Crippen LogP contribution in [-0.2, 0) is 9.53 Å². The van der Waals surface area contributed by atoms with Crippen LogP contribution in [0.15, 0.2) is 54.3 Å². The fourth-order valence-electron chi connectivity index (χ4n) is 5.33. The Kier molecular flexibility index (Phi) is 8.37. The molecule has 208 valence electrons. The number of Topliss-reactive ketones (excluding diaryl/α,β-unsaturated/α-hetero) is 1. The van der Waals surface area contributed by atoms with Gasteiger partial charge in [-0.2, -0.15) is 0 Å². The van der Waals surface area contributed by atoms with Gasteiger partial charge >= 0.3 is 6.09 Å². The Morgan fingerprint density at radius 1 is 1.08 bits per heavy atom. The number of alkyl carbamates (subject to hydrolysis) is 1. The van der Waals surface area contributed by atoms with Crippen LogP contribution in [0.5, 0.6) is 0 Å². The molecule has 2 aromatic rings. The van der Waals surface area contributed by atoms with Crippen molar-refractivity contribution in [2.24, 2.45) is 0 Å². The number of allylic oxidation sites excluding steroid dienone is 1. The van der Waals surface area contributed by atoms with E-state index in [4.69, 9.17) is 16.3 Å². The molecule has 1 fully saturated rings. The first kappa shape index (κ1) is 28.6. The van der Waals surface area contributed by atoms with Gasteiger partial charge in [0, 0.05) is 33.4 Å². The molecule has 2 amide bonds. The number of rotatable bonds is 7. The third-order valence-corrected chi connectivity index (χ3v) is 7.27. The smallest absolute Gasteiger partial charge is 0.408 e. The van der Waals surface area contributed by atoms with Crippen molar-refractivity contribution >= 4 is 29.4 Å². The topological polar surface area (TPSA) is 92.7 Å². The van der Waals surface area contributed by atoms with Gasteiger partial charge in [-0.3, -0.25) is 14.5 Å². The van der Waals surface area contributed by atoms with Crippen molar-refractivity contribution in [3.8, 4) is 5.69 Å². The molecular formula is C30H37ClN4O4. The van der Waals surface area contributed by atoms with Crippen LogP contribution in [0.2, 0.25) is 5.02 Å². The highest BCUT2D eigenvalue weighted by Gasteiger charge is 2.45. The molecule has 0 bridgehead atoms. The van der Waals surface area contributed by atoms with Gasteiger partial charge in [-0.25, -0.2) is 4.79 Å². The number of carbonyl (C=O) groups is 3. The van der Waals surface area contributed by atoms with Gasteiger partial charge in [-0.05, 0) is 109 Å². The average Bonchev–Trinajstić information content (AvgIpc) is 3.51. The Bertz CT molecular complexity index is 1310. The minimum absolute atomic E-state index is 0.000641. The number of ketones is 1. The Balaban J connectivity index is 1.60. The lowest BCUT2D eigenvalue weighted by atomic mass is 9.81. The predicted octanol–water partition coefficient (Wildman–Crippen LogP) is 5.25. The fourth-order valence-corrected chi connectivity index (χ4v) is 5.46. The summed E-state index contributed by atoms with van der Waals surface area (Å²) in [4.78, 5) is 41.3. The van der Waals surface area contributed by atoms with Crippen molar-refractivity contribution in [2.45, 2.75) is 65.0 Å². The van der Waals surface area contributed by atoms with Crippen LogP contribution in [-0.4, -0.2) is 58.0 Å². The second-order valence-corrected chi connectivity index (χ2v) is 11.6. The average molecular weight is 553 g/mol.